The maximum absolute atomic E-state index is 12.9. The van der Waals surface area contributed by atoms with Crippen molar-refractivity contribution in [3.05, 3.63) is 109 Å². The monoisotopic (exact) mass is 1040 g/mol. The molecule has 1 atom stereocenters. The maximum Gasteiger partial charge on any atom is 0.306 e. The zero-order valence-electron chi connectivity index (χ0n) is 49.0. The van der Waals surface area contributed by atoms with Crippen LogP contribution in [-0.4, -0.2) is 37.2 Å². The topological polar surface area (TPSA) is 78.9 Å². The molecule has 0 aromatic heterocycles. The van der Waals surface area contributed by atoms with Gasteiger partial charge in [-0.3, -0.25) is 14.4 Å². The molecule has 0 saturated heterocycles. The molecule has 0 aromatic carbocycles. The first-order valence-corrected chi connectivity index (χ1v) is 31.4. The first kappa shape index (κ1) is 71.1. The summed E-state index contributed by atoms with van der Waals surface area (Å²) in [5.74, 6) is -0.963. The molecule has 0 rings (SSSR count). The van der Waals surface area contributed by atoms with Gasteiger partial charge in [0.25, 0.3) is 0 Å². The quantitative estimate of drug-likeness (QED) is 0.0261. The van der Waals surface area contributed by atoms with E-state index in [4.69, 9.17) is 14.2 Å². The molecule has 0 spiro atoms. The second kappa shape index (κ2) is 62.6. The number of hydrogen-bond donors (Lipinski definition) is 0. The first-order chi connectivity index (χ1) is 37.0. The van der Waals surface area contributed by atoms with Crippen molar-refractivity contribution in [2.24, 2.45) is 0 Å². The van der Waals surface area contributed by atoms with Crippen LogP contribution in [0.1, 0.15) is 290 Å². The number of allylic oxidation sites excluding steroid dienone is 18. The number of unbranched alkanes of at least 4 members (excludes halogenated alkanes) is 27. The molecule has 0 aliphatic rings. The maximum atomic E-state index is 12.9. The Morgan fingerprint density at radius 1 is 0.280 bits per heavy atom. The van der Waals surface area contributed by atoms with E-state index in [1.54, 1.807) is 0 Å². The minimum absolute atomic E-state index is 0.100. The predicted octanol–water partition coefficient (Wildman–Crippen LogP) is 21.4. The van der Waals surface area contributed by atoms with E-state index in [1.807, 2.05) is 0 Å². The molecule has 0 bridgehead atoms. The summed E-state index contributed by atoms with van der Waals surface area (Å²) in [4.78, 5) is 38.3. The molecular formula is C69H116O6. The Labute approximate surface area is 463 Å². The summed E-state index contributed by atoms with van der Waals surface area (Å²) >= 11 is 0. The minimum atomic E-state index is -0.808. The SMILES string of the molecule is CC/C=C\C/C=C\C/C=C\C/C=C\C/C=C\CCCC(=O)OCC(COC(=O)CCCCCCCCCCC/C=C\C/C=C\CCCCCCC)OC(=O)CCCCCCCCCCC/C=C\C/C=C\CCCCC. The predicted molar refractivity (Wildman–Crippen MR) is 325 cm³/mol. The molecule has 6 heteroatoms. The van der Waals surface area contributed by atoms with Crippen molar-refractivity contribution < 1.29 is 28.6 Å². The molecule has 428 valence electrons. The zero-order chi connectivity index (χ0) is 54.3. The highest BCUT2D eigenvalue weighted by Crippen LogP contribution is 2.15. The lowest BCUT2D eigenvalue weighted by Crippen LogP contribution is -2.30. The molecule has 0 heterocycles. The van der Waals surface area contributed by atoms with Crippen LogP contribution < -0.4 is 0 Å². The van der Waals surface area contributed by atoms with Crippen molar-refractivity contribution in [3.63, 3.8) is 0 Å². The van der Waals surface area contributed by atoms with E-state index in [-0.39, 0.29) is 37.5 Å². The third-order valence-corrected chi connectivity index (χ3v) is 13.2. The minimum Gasteiger partial charge on any atom is -0.462 e. The van der Waals surface area contributed by atoms with Crippen molar-refractivity contribution in [2.45, 2.75) is 297 Å². The highest BCUT2D eigenvalue weighted by Gasteiger charge is 2.19. The van der Waals surface area contributed by atoms with Gasteiger partial charge < -0.3 is 14.2 Å². The van der Waals surface area contributed by atoms with Crippen LogP contribution in [0.25, 0.3) is 0 Å². The number of ether oxygens (including phenoxy) is 3. The van der Waals surface area contributed by atoms with Crippen LogP contribution in [0.4, 0.5) is 0 Å². The van der Waals surface area contributed by atoms with Gasteiger partial charge in [-0.05, 0) is 122 Å². The van der Waals surface area contributed by atoms with Gasteiger partial charge in [0.15, 0.2) is 6.10 Å². The summed E-state index contributed by atoms with van der Waals surface area (Å²) in [6.07, 6.45) is 85.2. The Bertz CT molecular complexity index is 1520. The van der Waals surface area contributed by atoms with Gasteiger partial charge in [-0.15, -0.1) is 0 Å². The molecule has 1 unspecified atom stereocenters. The number of esters is 3. The molecule has 0 fully saturated rings. The van der Waals surface area contributed by atoms with Crippen molar-refractivity contribution in [1.82, 2.24) is 0 Å². The van der Waals surface area contributed by atoms with E-state index in [1.165, 1.54) is 154 Å². The van der Waals surface area contributed by atoms with Gasteiger partial charge in [-0.2, -0.15) is 0 Å². The third kappa shape index (κ3) is 60.8. The second-order valence-electron chi connectivity index (χ2n) is 20.6. The zero-order valence-corrected chi connectivity index (χ0v) is 49.0. The summed E-state index contributed by atoms with van der Waals surface area (Å²) in [7, 11) is 0. The summed E-state index contributed by atoms with van der Waals surface area (Å²) in [6.45, 7) is 6.45. The lowest BCUT2D eigenvalue weighted by molar-refractivity contribution is -0.167. The van der Waals surface area contributed by atoms with Gasteiger partial charge in [-0.25, -0.2) is 0 Å². The molecule has 0 radical (unpaired) electrons. The van der Waals surface area contributed by atoms with E-state index < -0.39 is 6.10 Å². The van der Waals surface area contributed by atoms with Gasteiger partial charge in [0.2, 0.25) is 0 Å². The molecule has 0 aliphatic heterocycles. The van der Waals surface area contributed by atoms with Crippen molar-refractivity contribution in [1.29, 1.82) is 0 Å². The van der Waals surface area contributed by atoms with Crippen molar-refractivity contribution in [2.75, 3.05) is 13.2 Å². The van der Waals surface area contributed by atoms with Gasteiger partial charge >= 0.3 is 17.9 Å². The van der Waals surface area contributed by atoms with Crippen molar-refractivity contribution >= 4 is 17.9 Å². The van der Waals surface area contributed by atoms with E-state index in [0.29, 0.717) is 19.3 Å². The van der Waals surface area contributed by atoms with E-state index in [9.17, 15) is 14.4 Å². The van der Waals surface area contributed by atoms with E-state index >= 15 is 0 Å². The van der Waals surface area contributed by atoms with Crippen LogP contribution in [0.15, 0.2) is 109 Å². The number of hydrogen-bond acceptors (Lipinski definition) is 6. The van der Waals surface area contributed by atoms with Gasteiger partial charge in [0, 0.05) is 19.3 Å². The average Bonchev–Trinajstić information content (AvgIpc) is 3.41. The summed E-state index contributed by atoms with van der Waals surface area (Å²) in [5.41, 5.74) is 0. The molecular weight excluding hydrogens is 925 g/mol. The second-order valence-corrected chi connectivity index (χ2v) is 20.6. The lowest BCUT2D eigenvalue weighted by Gasteiger charge is -2.18. The lowest BCUT2D eigenvalue weighted by atomic mass is 10.1. The number of carbonyl (C=O) groups excluding carboxylic acids is 3. The van der Waals surface area contributed by atoms with Crippen LogP contribution in [0.5, 0.6) is 0 Å². The fraction of sp³-hybridized carbons (Fsp3) is 0.696. The Morgan fingerprint density at radius 2 is 0.533 bits per heavy atom. The summed E-state index contributed by atoms with van der Waals surface area (Å²) in [6, 6.07) is 0. The Balaban J connectivity index is 4.46. The summed E-state index contributed by atoms with van der Waals surface area (Å²) in [5, 5.41) is 0. The summed E-state index contributed by atoms with van der Waals surface area (Å²) < 4.78 is 16.9. The van der Waals surface area contributed by atoms with Crippen molar-refractivity contribution in [3.8, 4) is 0 Å². The molecule has 0 N–H and O–H groups in total. The Kier molecular flexibility index (Phi) is 59.3. The van der Waals surface area contributed by atoms with Gasteiger partial charge in [0.05, 0.1) is 0 Å². The third-order valence-electron chi connectivity index (χ3n) is 13.2. The molecule has 0 amide bonds. The molecule has 0 aromatic rings. The molecule has 0 saturated carbocycles. The smallest absolute Gasteiger partial charge is 0.306 e. The van der Waals surface area contributed by atoms with E-state index in [2.05, 4.69) is 130 Å². The Hall–Kier alpha value is -3.93. The van der Waals surface area contributed by atoms with Crippen LogP contribution in [-0.2, 0) is 28.6 Å². The fourth-order valence-corrected chi connectivity index (χ4v) is 8.54. The highest BCUT2D eigenvalue weighted by atomic mass is 16.6. The van der Waals surface area contributed by atoms with E-state index in [0.717, 1.165) is 89.9 Å². The van der Waals surface area contributed by atoms with Gasteiger partial charge in [0.1, 0.15) is 13.2 Å². The highest BCUT2D eigenvalue weighted by molar-refractivity contribution is 5.71. The normalized spacial score (nSPS) is 12.8. The Morgan fingerprint density at radius 3 is 0.893 bits per heavy atom. The average molecular weight is 1040 g/mol. The molecule has 6 nitrogen and oxygen atoms in total. The van der Waals surface area contributed by atoms with Crippen LogP contribution in [0.2, 0.25) is 0 Å². The fourth-order valence-electron chi connectivity index (χ4n) is 8.54. The first-order valence-electron chi connectivity index (χ1n) is 31.4. The van der Waals surface area contributed by atoms with Crippen LogP contribution >= 0.6 is 0 Å². The number of rotatable bonds is 56. The molecule has 75 heavy (non-hydrogen) atoms. The van der Waals surface area contributed by atoms with Crippen LogP contribution in [0, 0.1) is 0 Å². The standard InChI is InChI=1S/C69H116O6/c1-4-7-10-13-16-19-22-25-28-31-33-34-36-38-41-44-47-50-53-56-59-62-68(71)74-65-66(64-73-67(70)61-58-55-52-49-46-43-40-37-30-27-24-21-18-15-12-9-6-3)75-69(72)63-60-57-54-51-48-45-42-39-35-32-29-26-23-20-17-14-11-8-5-2/h9,12,17-18,20-22,25-27,29-31,33,40,43,49,52,66H,4-8,10-11,13-16,19,23-24,28,32,34-39,41-42,44-48,50-51,53-65H2,1-3H3/b12-9-,20-17-,21-18-,25-22-,29-26-,30-27-,33-31-,43-40-,52-49-. The number of carbonyl (C=O) groups is 3. The molecule has 0 aliphatic carbocycles. The largest absolute Gasteiger partial charge is 0.462 e. The van der Waals surface area contributed by atoms with Crippen LogP contribution in [0.3, 0.4) is 0 Å². The van der Waals surface area contributed by atoms with Gasteiger partial charge in [-0.1, -0.05) is 259 Å².